The molecule has 0 aromatic carbocycles. The number of phosphoric ester groups is 1. The number of unbranched alkanes of at least 4 members (excludes halogenated alkanes) is 30. The van der Waals surface area contributed by atoms with Gasteiger partial charge in [-0.3, -0.25) is 13.8 Å². The number of quaternary nitrogens is 1. The summed E-state index contributed by atoms with van der Waals surface area (Å²) < 4.78 is 23.7. The van der Waals surface area contributed by atoms with Gasteiger partial charge in [-0.05, 0) is 77.0 Å². The van der Waals surface area contributed by atoms with E-state index in [4.69, 9.17) is 9.05 Å². The summed E-state index contributed by atoms with van der Waals surface area (Å²) in [6.45, 7) is 4.69. The third-order valence-corrected chi connectivity index (χ3v) is 14.3. The minimum atomic E-state index is -4.36. The van der Waals surface area contributed by atoms with Crippen LogP contribution >= 0.6 is 7.82 Å². The fourth-order valence-corrected chi connectivity index (χ4v) is 9.35. The number of phosphoric acid groups is 1. The highest BCUT2D eigenvalue weighted by atomic mass is 31.2. The Hall–Kier alpha value is -2.32. The van der Waals surface area contributed by atoms with E-state index in [2.05, 4.69) is 92.1 Å². The summed E-state index contributed by atoms with van der Waals surface area (Å²) in [7, 11) is 1.56. The van der Waals surface area contributed by atoms with E-state index < -0.39 is 20.0 Å². The van der Waals surface area contributed by atoms with Crippen LogP contribution in [-0.4, -0.2) is 73.4 Å². The van der Waals surface area contributed by atoms with E-state index in [9.17, 15) is 19.4 Å². The molecule has 0 fully saturated rings. The van der Waals surface area contributed by atoms with Crippen LogP contribution < -0.4 is 5.32 Å². The highest BCUT2D eigenvalue weighted by Crippen LogP contribution is 2.43. The molecule has 424 valence electrons. The summed E-state index contributed by atoms with van der Waals surface area (Å²) in [6, 6.07) is -0.865. The topological polar surface area (TPSA) is 105 Å². The van der Waals surface area contributed by atoms with Crippen LogP contribution in [0, 0.1) is 0 Å². The van der Waals surface area contributed by atoms with Gasteiger partial charge >= 0.3 is 7.82 Å². The summed E-state index contributed by atoms with van der Waals surface area (Å²) in [5.41, 5.74) is 0. The number of hydrogen-bond acceptors (Lipinski definition) is 5. The molecular weight excluding hydrogens is 924 g/mol. The Kier molecular flexibility index (Phi) is 52.7. The molecule has 3 atom stereocenters. The van der Waals surface area contributed by atoms with Gasteiger partial charge in [0.2, 0.25) is 5.91 Å². The number of hydrogen-bond donors (Lipinski definition) is 3. The first-order chi connectivity index (χ1) is 35.5. The highest BCUT2D eigenvalue weighted by Gasteiger charge is 2.27. The van der Waals surface area contributed by atoms with Crippen LogP contribution in [0.5, 0.6) is 0 Å². The van der Waals surface area contributed by atoms with Crippen molar-refractivity contribution in [3.8, 4) is 0 Å². The molecule has 0 aromatic rings. The number of nitrogens with zero attached hydrogens (tertiary/aromatic N) is 1. The SMILES string of the molecule is CC/C=C\C/C=C\C/C=C\C/C=C\C/C=C\CCCCCCCCCCCCCCCCCCCCCC(=O)NC(COP(=O)(O)OCC[N+](C)(C)C)C(O)/C=C/CC/C=C/CCCCCCCCCCCC. The number of amides is 1. The van der Waals surface area contributed by atoms with E-state index in [1.54, 1.807) is 6.08 Å². The zero-order valence-corrected chi connectivity index (χ0v) is 49.3. The van der Waals surface area contributed by atoms with Crippen LogP contribution in [0.15, 0.2) is 85.1 Å². The van der Waals surface area contributed by atoms with Gasteiger partial charge in [-0.2, -0.15) is 0 Å². The van der Waals surface area contributed by atoms with Gasteiger partial charge in [0.05, 0.1) is 39.9 Å². The largest absolute Gasteiger partial charge is 0.472 e. The van der Waals surface area contributed by atoms with Crippen molar-refractivity contribution in [2.45, 2.75) is 276 Å². The second-order valence-electron chi connectivity index (χ2n) is 21.7. The maximum absolute atomic E-state index is 13.0. The minimum absolute atomic E-state index is 0.0548. The average Bonchev–Trinajstić information content (AvgIpc) is 3.35. The molecule has 9 heteroatoms. The summed E-state index contributed by atoms with van der Waals surface area (Å²) >= 11 is 0. The van der Waals surface area contributed by atoms with Crippen LogP contribution in [0.25, 0.3) is 0 Å². The van der Waals surface area contributed by atoms with E-state index in [1.165, 1.54) is 173 Å². The van der Waals surface area contributed by atoms with Crippen molar-refractivity contribution in [3.05, 3.63) is 85.1 Å². The molecule has 0 heterocycles. The number of rotatable bonds is 55. The number of carbonyl (C=O) groups excluding carboxylic acids is 1. The molecule has 73 heavy (non-hydrogen) atoms. The Morgan fingerprint density at radius 1 is 0.479 bits per heavy atom. The van der Waals surface area contributed by atoms with Crippen molar-refractivity contribution < 1.29 is 32.9 Å². The first kappa shape index (κ1) is 70.7. The smallest absolute Gasteiger partial charge is 0.387 e. The van der Waals surface area contributed by atoms with Crippen LogP contribution in [0.2, 0.25) is 0 Å². The molecule has 0 radical (unpaired) electrons. The van der Waals surface area contributed by atoms with Crippen molar-refractivity contribution in [2.75, 3.05) is 40.9 Å². The summed E-state index contributed by atoms with van der Waals surface area (Å²) in [5, 5.41) is 13.9. The van der Waals surface area contributed by atoms with Gasteiger partial charge in [-0.25, -0.2) is 4.57 Å². The van der Waals surface area contributed by atoms with Gasteiger partial charge in [-0.1, -0.05) is 266 Å². The lowest BCUT2D eigenvalue weighted by atomic mass is 10.0. The van der Waals surface area contributed by atoms with Crippen molar-refractivity contribution in [3.63, 3.8) is 0 Å². The van der Waals surface area contributed by atoms with E-state index >= 15 is 0 Å². The quantitative estimate of drug-likeness (QED) is 0.0243. The van der Waals surface area contributed by atoms with E-state index in [-0.39, 0.29) is 19.1 Å². The number of aliphatic hydroxyl groups excluding tert-OH is 1. The Morgan fingerprint density at radius 2 is 0.836 bits per heavy atom. The Morgan fingerprint density at radius 3 is 1.26 bits per heavy atom. The lowest BCUT2D eigenvalue weighted by Crippen LogP contribution is -2.45. The molecule has 0 aliphatic heterocycles. The molecule has 0 saturated carbocycles. The summed E-state index contributed by atoms with van der Waals surface area (Å²) in [5.74, 6) is -0.186. The standard InChI is InChI=1S/C64H117N2O6P/c1-6-8-10-12-14-16-18-20-22-24-25-26-27-28-29-30-31-32-33-34-35-36-37-38-39-40-41-42-44-46-48-50-52-54-56-58-64(68)65-62(61-72-73(69,70)71-60-59-66(3,4)5)63(67)57-55-53-51-49-47-45-43-23-21-19-17-15-13-11-9-7-2/h8,10,14,16,20,22,25-26,28-29,47,49,55,57,62-63,67H,6-7,9,11-13,15,17-19,21,23-24,27,30-46,48,50-54,56,58-61H2,1-5H3,(H-,65,68,69,70)/p+1/b10-8-,16-14-,22-20-,26-25-,29-28-,49-47+,57-55+. The Balaban J connectivity index is 4.06. The van der Waals surface area contributed by atoms with E-state index in [0.717, 1.165) is 70.6 Å². The molecule has 0 bridgehead atoms. The highest BCUT2D eigenvalue weighted by molar-refractivity contribution is 7.47. The monoisotopic (exact) mass is 1040 g/mol. The number of aliphatic hydroxyl groups is 1. The van der Waals surface area contributed by atoms with E-state index in [1.807, 2.05) is 27.2 Å². The average molecular weight is 1040 g/mol. The van der Waals surface area contributed by atoms with Crippen LogP contribution in [-0.2, 0) is 18.4 Å². The van der Waals surface area contributed by atoms with Gasteiger partial charge < -0.3 is 19.8 Å². The fraction of sp³-hybridized carbons (Fsp3) is 0.766. The predicted molar refractivity (Wildman–Crippen MR) is 318 cm³/mol. The number of allylic oxidation sites excluding steroid dienone is 13. The normalized spacial score (nSPS) is 14.5. The van der Waals surface area contributed by atoms with Gasteiger partial charge in [-0.15, -0.1) is 0 Å². The Labute approximate surface area is 452 Å². The van der Waals surface area contributed by atoms with Crippen molar-refractivity contribution >= 4 is 13.7 Å². The van der Waals surface area contributed by atoms with Crippen LogP contribution in [0.4, 0.5) is 0 Å². The predicted octanol–water partition coefficient (Wildman–Crippen LogP) is 18.8. The maximum Gasteiger partial charge on any atom is 0.472 e. The lowest BCUT2D eigenvalue weighted by molar-refractivity contribution is -0.870. The first-order valence-electron chi connectivity index (χ1n) is 30.5. The molecule has 0 saturated heterocycles. The Bertz CT molecular complexity index is 1460. The lowest BCUT2D eigenvalue weighted by Gasteiger charge is -2.25. The zero-order valence-electron chi connectivity index (χ0n) is 48.4. The third-order valence-electron chi connectivity index (χ3n) is 13.3. The molecule has 0 aliphatic carbocycles. The first-order valence-corrected chi connectivity index (χ1v) is 32.0. The summed E-state index contributed by atoms with van der Waals surface area (Å²) in [6.07, 6.45) is 77.0. The second kappa shape index (κ2) is 54.5. The minimum Gasteiger partial charge on any atom is -0.387 e. The van der Waals surface area contributed by atoms with Crippen molar-refractivity contribution in [1.29, 1.82) is 0 Å². The molecule has 0 aromatic heterocycles. The summed E-state index contributed by atoms with van der Waals surface area (Å²) in [4.78, 5) is 23.3. The third kappa shape index (κ3) is 57.2. The van der Waals surface area contributed by atoms with E-state index in [0.29, 0.717) is 17.4 Å². The molecule has 1 amide bonds. The van der Waals surface area contributed by atoms with Crippen molar-refractivity contribution in [2.24, 2.45) is 0 Å². The number of nitrogens with one attached hydrogen (secondary N) is 1. The molecule has 8 nitrogen and oxygen atoms in total. The number of likely N-dealkylation sites (N-methyl/N-ethyl adjacent to an activating group) is 1. The van der Waals surface area contributed by atoms with Gasteiger partial charge in [0.25, 0.3) is 0 Å². The maximum atomic E-state index is 13.0. The van der Waals surface area contributed by atoms with Gasteiger partial charge in [0.15, 0.2) is 0 Å². The zero-order chi connectivity index (χ0) is 53.5. The van der Waals surface area contributed by atoms with Gasteiger partial charge in [0, 0.05) is 6.42 Å². The van der Waals surface area contributed by atoms with Crippen molar-refractivity contribution in [1.82, 2.24) is 5.32 Å². The van der Waals surface area contributed by atoms with Gasteiger partial charge in [0.1, 0.15) is 13.2 Å². The van der Waals surface area contributed by atoms with Crippen LogP contribution in [0.3, 0.4) is 0 Å². The molecule has 3 N–H and O–H groups in total. The molecule has 0 aliphatic rings. The van der Waals surface area contributed by atoms with Crippen LogP contribution in [0.1, 0.15) is 264 Å². The molecule has 3 unspecified atom stereocenters. The molecule has 0 rings (SSSR count). The number of carbonyl (C=O) groups is 1. The second-order valence-corrected chi connectivity index (χ2v) is 23.1. The fourth-order valence-electron chi connectivity index (χ4n) is 8.62. The molecular formula is C64H118N2O6P+. The molecule has 0 spiro atoms.